The summed E-state index contributed by atoms with van der Waals surface area (Å²) < 4.78 is 3.77. The van der Waals surface area contributed by atoms with Crippen molar-refractivity contribution in [2.75, 3.05) is 5.32 Å². The molecule has 37 heavy (non-hydrogen) atoms. The molecule has 0 fully saturated rings. The summed E-state index contributed by atoms with van der Waals surface area (Å²) in [4.78, 5) is 18.3. The molecular weight excluding hydrogens is 460 g/mol. The van der Waals surface area contributed by atoms with Gasteiger partial charge in [-0.25, -0.2) is 4.98 Å². The molecule has 6 rings (SSSR count). The molecular formula is C30H26N6O. The standard InChI is InChI=1S/C30H26N6O/c1-3-36-20(2)27(17-32-36)29-15-26(25-13-6-7-14-28(25)34-29)30(37)33-23-16-31-35(19-23)18-22-11-8-10-21-9-4-5-12-24(21)22/h4-17,19H,3,18H2,1-2H3,(H,33,37). The van der Waals surface area contributed by atoms with Crippen LogP contribution in [0.5, 0.6) is 0 Å². The highest BCUT2D eigenvalue weighted by molar-refractivity contribution is 6.13. The molecule has 182 valence electrons. The Morgan fingerprint density at radius 2 is 1.70 bits per heavy atom. The Balaban J connectivity index is 1.30. The molecule has 0 spiro atoms. The monoisotopic (exact) mass is 486 g/mol. The van der Waals surface area contributed by atoms with Crippen LogP contribution >= 0.6 is 0 Å². The van der Waals surface area contributed by atoms with Crippen molar-refractivity contribution in [2.45, 2.75) is 26.9 Å². The number of aryl methyl sites for hydroxylation is 1. The largest absolute Gasteiger partial charge is 0.319 e. The topological polar surface area (TPSA) is 77.6 Å². The van der Waals surface area contributed by atoms with E-state index >= 15 is 0 Å². The van der Waals surface area contributed by atoms with E-state index in [1.807, 2.05) is 71.1 Å². The Labute approximate surface area is 214 Å². The van der Waals surface area contributed by atoms with E-state index < -0.39 is 0 Å². The van der Waals surface area contributed by atoms with E-state index in [-0.39, 0.29) is 5.91 Å². The van der Waals surface area contributed by atoms with Crippen molar-refractivity contribution in [3.63, 3.8) is 0 Å². The number of hydrogen-bond donors (Lipinski definition) is 1. The van der Waals surface area contributed by atoms with Gasteiger partial charge in [0.25, 0.3) is 5.91 Å². The van der Waals surface area contributed by atoms with Crippen molar-refractivity contribution >= 4 is 33.3 Å². The molecule has 0 radical (unpaired) electrons. The van der Waals surface area contributed by atoms with Crippen molar-refractivity contribution in [3.8, 4) is 11.3 Å². The molecule has 0 aliphatic carbocycles. The second-order valence-electron chi connectivity index (χ2n) is 9.05. The van der Waals surface area contributed by atoms with E-state index in [0.29, 0.717) is 17.8 Å². The number of anilines is 1. The number of carbonyl (C=O) groups is 1. The highest BCUT2D eigenvalue weighted by Gasteiger charge is 2.17. The summed E-state index contributed by atoms with van der Waals surface area (Å²) in [5, 5.41) is 15.2. The number of hydrogen-bond acceptors (Lipinski definition) is 4. The molecule has 0 unspecified atom stereocenters. The molecule has 7 heteroatoms. The number of rotatable bonds is 6. The van der Waals surface area contributed by atoms with Crippen molar-refractivity contribution in [3.05, 3.63) is 108 Å². The summed E-state index contributed by atoms with van der Waals surface area (Å²) in [5.41, 5.74) is 5.81. The van der Waals surface area contributed by atoms with E-state index in [1.165, 1.54) is 16.3 Å². The van der Waals surface area contributed by atoms with Crippen LogP contribution < -0.4 is 5.32 Å². The first kappa shape index (κ1) is 22.7. The summed E-state index contributed by atoms with van der Waals surface area (Å²) >= 11 is 0. The van der Waals surface area contributed by atoms with Crippen LogP contribution in [0.15, 0.2) is 91.4 Å². The number of amides is 1. The molecule has 0 atom stereocenters. The van der Waals surface area contributed by atoms with Gasteiger partial charge in [-0.1, -0.05) is 60.7 Å². The highest BCUT2D eigenvalue weighted by Crippen LogP contribution is 2.28. The number of nitrogens with one attached hydrogen (secondary N) is 1. The number of pyridine rings is 1. The molecule has 1 N–H and O–H groups in total. The molecule has 0 saturated carbocycles. The fourth-order valence-electron chi connectivity index (χ4n) is 4.84. The van der Waals surface area contributed by atoms with Gasteiger partial charge in [0, 0.05) is 29.4 Å². The Kier molecular flexibility index (Phi) is 5.73. The van der Waals surface area contributed by atoms with Gasteiger partial charge < -0.3 is 5.32 Å². The SMILES string of the molecule is CCn1ncc(-c2cc(C(=O)Nc3cnn(Cc4cccc5ccccc45)c3)c3ccccc3n2)c1C. The van der Waals surface area contributed by atoms with E-state index in [0.717, 1.165) is 34.4 Å². The van der Waals surface area contributed by atoms with Crippen LogP contribution in [0.25, 0.3) is 32.9 Å². The zero-order chi connectivity index (χ0) is 25.4. The predicted octanol–water partition coefficient (Wildman–Crippen LogP) is 6.08. The third kappa shape index (κ3) is 4.25. The van der Waals surface area contributed by atoms with Crippen LogP contribution in [0.3, 0.4) is 0 Å². The molecule has 0 aliphatic heterocycles. The molecule has 3 aromatic heterocycles. The number of benzene rings is 3. The third-order valence-electron chi connectivity index (χ3n) is 6.74. The maximum Gasteiger partial charge on any atom is 0.256 e. The number of fused-ring (bicyclic) bond motifs is 2. The molecule has 7 nitrogen and oxygen atoms in total. The fourth-order valence-corrected chi connectivity index (χ4v) is 4.84. The lowest BCUT2D eigenvalue weighted by Crippen LogP contribution is -2.13. The summed E-state index contributed by atoms with van der Waals surface area (Å²) in [6.45, 7) is 5.46. The average Bonchev–Trinajstić information content (AvgIpc) is 3.53. The maximum absolute atomic E-state index is 13.5. The average molecular weight is 487 g/mol. The van der Waals surface area contributed by atoms with Gasteiger partial charge in [-0.15, -0.1) is 0 Å². The quantitative estimate of drug-likeness (QED) is 0.310. The highest BCUT2D eigenvalue weighted by atomic mass is 16.1. The zero-order valence-corrected chi connectivity index (χ0v) is 20.7. The number of nitrogens with zero attached hydrogens (tertiary/aromatic N) is 5. The zero-order valence-electron chi connectivity index (χ0n) is 20.7. The molecule has 0 saturated heterocycles. The Bertz CT molecular complexity index is 1760. The van der Waals surface area contributed by atoms with Crippen LogP contribution in [0, 0.1) is 6.92 Å². The van der Waals surface area contributed by atoms with Gasteiger partial charge in [-0.3, -0.25) is 14.2 Å². The summed E-state index contributed by atoms with van der Waals surface area (Å²) in [7, 11) is 0. The Hall–Kier alpha value is -4.78. The van der Waals surface area contributed by atoms with Crippen LogP contribution in [0.2, 0.25) is 0 Å². The van der Waals surface area contributed by atoms with Crippen molar-refractivity contribution in [2.24, 2.45) is 0 Å². The predicted molar refractivity (Wildman–Crippen MR) is 147 cm³/mol. The first-order valence-electron chi connectivity index (χ1n) is 12.3. The lowest BCUT2D eigenvalue weighted by Gasteiger charge is -2.10. The maximum atomic E-state index is 13.5. The summed E-state index contributed by atoms with van der Waals surface area (Å²) in [5.74, 6) is -0.204. The van der Waals surface area contributed by atoms with Gasteiger partial charge in [0.15, 0.2) is 0 Å². The van der Waals surface area contributed by atoms with Gasteiger partial charge in [0.1, 0.15) is 0 Å². The third-order valence-corrected chi connectivity index (χ3v) is 6.74. The van der Waals surface area contributed by atoms with Crippen LogP contribution in [0.1, 0.15) is 28.5 Å². The minimum Gasteiger partial charge on any atom is -0.319 e. The summed E-state index contributed by atoms with van der Waals surface area (Å²) in [6, 6.07) is 24.1. The molecule has 3 heterocycles. The van der Waals surface area contributed by atoms with Gasteiger partial charge in [-0.2, -0.15) is 10.2 Å². The van der Waals surface area contributed by atoms with Crippen LogP contribution in [-0.4, -0.2) is 30.5 Å². The second kappa shape index (κ2) is 9.35. The Morgan fingerprint density at radius 3 is 2.54 bits per heavy atom. The molecule has 6 aromatic rings. The van der Waals surface area contributed by atoms with Crippen molar-refractivity contribution < 1.29 is 4.79 Å². The van der Waals surface area contributed by atoms with Crippen molar-refractivity contribution in [1.82, 2.24) is 24.5 Å². The van der Waals surface area contributed by atoms with E-state index in [1.54, 1.807) is 6.20 Å². The Morgan fingerprint density at radius 1 is 0.919 bits per heavy atom. The first-order valence-corrected chi connectivity index (χ1v) is 12.3. The van der Waals surface area contributed by atoms with Gasteiger partial charge in [0.2, 0.25) is 0 Å². The number of aromatic nitrogens is 5. The minimum absolute atomic E-state index is 0.204. The first-order chi connectivity index (χ1) is 18.1. The van der Waals surface area contributed by atoms with Crippen LogP contribution in [-0.2, 0) is 13.1 Å². The van der Waals surface area contributed by atoms with E-state index in [4.69, 9.17) is 4.98 Å². The van der Waals surface area contributed by atoms with E-state index in [2.05, 4.69) is 52.8 Å². The lowest BCUT2D eigenvalue weighted by molar-refractivity contribution is 0.102. The van der Waals surface area contributed by atoms with Gasteiger partial charge >= 0.3 is 0 Å². The molecule has 0 bridgehead atoms. The normalized spacial score (nSPS) is 11.3. The smallest absolute Gasteiger partial charge is 0.256 e. The molecule has 3 aromatic carbocycles. The fraction of sp³-hybridized carbons (Fsp3) is 0.133. The number of para-hydroxylation sites is 1. The van der Waals surface area contributed by atoms with Crippen molar-refractivity contribution in [1.29, 1.82) is 0 Å². The second-order valence-corrected chi connectivity index (χ2v) is 9.05. The van der Waals surface area contributed by atoms with Gasteiger partial charge in [0.05, 0.1) is 41.4 Å². The minimum atomic E-state index is -0.204. The number of carbonyl (C=O) groups excluding carboxylic acids is 1. The summed E-state index contributed by atoms with van der Waals surface area (Å²) in [6.07, 6.45) is 5.36. The van der Waals surface area contributed by atoms with Crippen LogP contribution in [0.4, 0.5) is 5.69 Å². The molecule has 0 aliphatic rings. The van der Waals surface area contributed by atoms with Gasteiger partial charge in [-0.05, 0) is 42.3 Å². The van der Waals surface area contributed by atoms with E-state index in [9.17, 15) is 4.79 Å². The molecule has 1 amide bonds. The lowest BCUT2D eigenvalue weighted by atomic mass is 10.0.